The predicted molar refractivity (Wildman–Crippen MR) is 173 cm³/mol. The molecule has 0 radical (unpaired) electrons. The number of phosphoric ester groups is 3. The monoisotopic (exact) mass is 795 g/mol. The smallest absolute Gasteiger partial charge is 0.385 e. The molecule has 0 bridgehead atoms. The summed E-state index contributed by atoms with van der Waals surface area (Å²) in [6.07, 6.45) is -3.42. The van der Waals surface area contributed by atoms with Gasteiger partial charge in [0.1, 0.15) is 36.3 Å². The lowest BCUT2D eigenvalue weighted by Gasteiger charge is -2.30. The molecule has 2 aromatic heterocycles. The summed E-state index contributed by atoms with van der Waals surface area (Å²) in [7, 11) is -16.4. The molecular formula is C23H40N7O16P3S. The van der Waals surface area contributed by atoms with Gasteiger partial charge in [-0.15, -0.1) is 0 Å². The molecule has 3 heterocycles. The van der Waals surface area contributed by atoms with Crippen LogP contribution in [-0.4, -0.2) is 124 Å². The van der Waals surface area contributed by atoms with Crippen molar-refractivity contribution in [3.63, 3.8) is 0 Å². The second-order valence-corrected chi connectivity index (χ2v) is 16.8. The molecule has 0 aromatic carbocycles. The number of nitrogens with one attached hydrogen (secondary N) is 2. The summed E-state index contributed by atoms with van der Waals surface area (Å²) in [4.78, 5) is 75.3. The van der Waals surface area contributed by atoms with Crippen LogP contribution in [0.1, 0.15) is 27.2 Å². The van der Waals surface area contributed by atoms with Crippen LogP contribution in [-0.2, 0) is 51.6 Å². The maximum Gasteiger partial charge on any atom is 0.481 e. The number of carbonyl (C=O) groups excluding carboxylic acids is 2. The molecule has 1 aliphatic heterocycles. The number of nitrogen functional groups attached to an aromatic ring is 1. The number of carbonyl (C=O) groups is 2. The Hall–Kier alpha value is -2.11. The molecule has 1 fully saturated rings. The fourth-order valence-electron chi connectivity index (χ4n) is 4.55. The number of hydrogen-bond acceptors (Lipinski definition) is 17. The molecule has 0 spiro atoms. The number of amides is 2. The zero-order chi connectivity index (χ0) is 37.7. The second kappa shape index (κ2) is 16.7. The summed E-state index contributed by atoms with van der Waals surface area (Å²) >= 11 is 1.53. The molecule has 1 saturated heterocycles. The number of imidazole rings is 1. The van der Waals surface area contributed by atoms with Gasteiger partial charge in [0, 0.05) is 30.7 Å². The minimum absolute atomic E-state index is 0.0279. The normalized spacial score (nSPS) is 24.4. The summed E-state index contributed by atoms with van der Waals surface area (Å²) in [6.45, 7) is 2.13. The van der Waals surface area contributed by atoms with Gasteiger partial charge in [0.2, 0.25) is 11.8 Å². The molecule has 23 nitrogen and oxygen atoms in total. The highest BCUT2D eigenvalue weighted by atomic mass is 32.2. The van der Waals surface area contributed by atoms with E-state index in [0.717, 1.165) is 17.2 Å². The van der Waals surface area contributed by atoms with Gasteiger partial charge in [-0.3, -0.25) is 27.7 Å². The molecule has 3 rings (SSSR count). The van der Waals surface area contributed by atoms with Crippen LogP contribution >= 0.6 is 35.2 Å². The zero-order valence-electron chi connectivity index (χ0n) is 27.1. The van der Waals surface area contributed by atoms with Crippen LogP contribution in [0.2, 0.25) is 0 Å². The van der Waals surface area contributed by atoms with Gasteiger partial charge in [0.15, 0.2) is 17.2 Å². The van der Waals surface area contributed by atoms with Gasteiger partial charge >= 0.3 is 23.5 Å². The standard InChI is InChI=1S/C23H40N7O16P3S/c1-22(2,18(33)21(34)26-6-5-14(31)25-7-8-50-4)10-43-49(40,41)46-48(38,39)42-9-13-16(45-47(35,36)37)17(32)23(3,44-13)30-12-29-15-19(24)27-11-28-20(15)30/h11-13,16-18,32-33H,5-10H2,1-4H3,(H,25,31)(H,26,34)(H,38,39)(H,40,41)(H2,24,27,28)(H2,35,36,37). The number of aliphatic hydroxyl groups excluding tert-OH is 2. The van der Waals surface area contributed by atoms with Crippen molar-refractivity contribution in [2.24, 2.45) is 5.41 Å². The third-order valence-corrected chi connectivity index (χ3v) is 10.9. The van der Waals surface area contributed by atoms with Crippen LogP contribution in [0.5, 0.6) is 0 Å². The van der Waals surface area contributed by atoms with E-state index in [1.807, 2.05) is 6.26 Å². The lowest BCUT2D eigenvalue weighted by Crippen LogP contribution is -2.46. The molecular weight excluding hydrogens is 755 g/mol. The number of aliphatic hydroxyl groups is 2. The van der Waals surface area contributed by atoms with Gasteiger partial charge < -0.3 is 50.9 Å². The van der Waals surface area contributed by atoms with Crippen molar-refractivity contribution in [2.75, 3.05) is 44.0 Å². The summed E-state index contributed by atoms with van der Waals surface area (Å²) in [5.74, 6) is -0.599. The number of phosphoric acid groups is 3. The maximum atomic E-state index is 12.7. The highest BCUT2D eigenvalue weighted by molar-refractivity contribution is 7.98. The third kappa shape index (κ3) is 11.2. The van der Waals surface area contributed by atoms with Crippen molar-refractivity contribution < 1.29 is 75.7 Å². The molecule has 2 aromatic rings. The van der Waals surface area contributed by atoms with Crippen LogP contribution in [0.15, 0.2) is 12.7 Å². The fraction of sp³-hybridized carbons (Fsp3) is 0.696. The Morgan fingerprint density at radius 3 is 2.42 bits per heavy atom. The summed E-state index contributed by atoms with van der Waals surface area (Å²) in [5, 5.41) is 26.6. The second-order valence-electron chi connectivity index (χ2n) is 11.6. The van der Waals surface area contributed by atoms with Crippen LogP contribution in [0, 0.1) is 5.41 Å². The minimum Gasteiger partial charge on any atom is -0.385 e. The number of hydrogen-bond donors (Lipinski definition) is 9. The molecule has 2 amide bonds. The first-order valence-corrected chi connectivity index (χ1v) is 20.3. The molecule has 0 saturated carbocycles. The quantitative estimate of drug-likeness (QED) is 0.0604. The van der Waals surface area contributed by atoms with Crippen molar-refractivity contribution in [3.05, 3.63) is 12.7 Å². The number of nitrogens with two attached hydrogens (primary N) is 1. The SMILES string of the molecule is CSCCNC(=O)CCNC(=O)C(O)C(C)(C)COP(=O)(O)OP(=O)(O)OCC1OC(C)(n2cnc3c(N)ncnc32)C(O)C1OP(=O)(O)O. The Morgan fingerprint density at radius 1 is 1.12 bits per heavy atom. The van der Waals surface area contributed by atoms with E-state index in [9.17, 15) is 53.1 Å². The van der Waals surface area contributed by atoms with Gasteiger partial charge in [-0.1, -0.05) is 13.8 Å². The van der Waals surface area contributed by atoms with Gasteiger partial charge in [0.25, 0.3) is 0 Å². The van der Waals surface area contributed by atoms with E-state index in [1.54, 1.807) is 0 Å². The first-order valence-electron chi connectivity index (χ1n) is 14.4. The lowest BCUT2D eigenvalue weighted by molar-refractivity contribution is -0.137. The number of fused-ring (bicyclic) bond motifs is 1. The Balaban J connectivity index is 1.62. The lowest BCUT2D eigenvalue weighted by atomic mass is 9.87. The van der Waals surface area contributed by atoms with Crippen molar-refractivity contribution >= 4 is 64.0 Å². The molecule has 7 unspecified atom stereocenters. The molecule has 284 valence electrons. The molecule has 0 aliphatic carbocycles. The van der Waals surface area contributed by atoms with E-state index in [2.05, 4.69) is 29.9 Å². The first kappa shape index (κ1) is 42.3. The maximum absolute atomic E-state index is 12.7. The molecule has 7 atom stereocenters. The van der Waals surface area contributed by atoms with E-state index in [-0.39, 0.29) is 35.9 Å². The first-order chi connectivity index (χ1) is 23.0. The molecule has 1 aliphatic rings. The molecule has 27 heteroatoms. The Labute approximate surface area is 289 Å². The predicted octanol–water partition coefficient (Wildman–Crippen LogP) is -1.06. The Bertz CT molecular complexity index is 1660. The highest BCUT2D eigenvalue weighted by Gasteiger charge is 2.57. The van der Waals surface area contributed by atoms with Crippen molar-refractivity contribution in [1.29, 1.82) is 0 Å². The van der Waals surface area contributed by atoms with Crippen LogP contribution < -0.4 is 16.4 Å². The summed E-state index contributed by atoms with van der Waals surface area (Å²) < 4.78 is 62.4. The summed E-state index contributed by atoms with van der Waals surface area (Å²) in [6, 6.07) is 0. The minimum atomic E-state index is -5.56. The van der Waals surface area contributed by atoms with E-state index < -0.39 is 78.1 Å². The number of nitrogens with zero attached hydrogens (tertiary/aromatic N) is 4. The number of aromatic nitrogens is 4. The van der Waals surface area contributed by atoms with Gasteiger partial charge in [-0.2, -0.15) is 16.1 Å². The van der Waals surface area contributed by atoms with E-state index >= 15 is 0 Å². The number of anilines is 1. The van der Waals surface area contributed by atoms with Gasteiger partial charge in [-0.05, 0) is 13.2 Å². The molecule has 50 heavy (non-hydrogen) atoms. The fourth-order valence-corrected chi connectivity index (χ4v) is 7.67. The molecule has 10 N–H and O–H groups in total. The van der Waals surface area contributed by atoms with Crippen molar-refractivity contribution in [2.45, 2.75) is 57.3 Å². The van der Waals surface area contributed by atoms with Crippen LogP contribution in [0.4, 0.5) is 5.82 Å². The number of thioether (sulfide) groups is 1. The Morgan fingerprint density at radius 2 is 1.78 bits per heavy atom. The van der Waals surface area contributed by atoms with Gasteiger partial charge in [0.05, 0.1) is 19.5 Å². The third-order valence-electron chi connectivity index (χ3n) is 7.19. The van der Waals surface area contributed by atoms with E-state index in [0.29, 0.717) is 12.3 Å². The largest absolute Gasteiger partial charge is 0.481 e. The van der Waals surface area contributed by atoms with Crippen LogP contribution in [0.25, 0.3) is 11.2 Å². The van der Waals surface area contributed by atoms with Gasteiger partial charge in [-0.25, -0.2) is 28.6 Å². The highest BCUT2D eigenvalue weighted by Crippen LogP contribution is 2.61. The average Bonchev–Trinajstić information content (AvgIpc) is 3.54. The number of rotatable bonds is 19. The van der Waals surface area contributed by atoms with Crippen molar-refractivity contribution in [3.8, 4) is 0 Å². The van der Waals surface area contributed by atoms with Crippen LogP contribution in [0.3, 0.4) is 0 Å². The zero-order valence-corrected chi connectivity index (χ0v) is 30.6. The number of ether oxygens (including phenoxy) is 1. The average molecular weight is 796 g/mol. The van der Waals surface area contributed by atoms with E-state index in [4.69, 9.17) is 24.0 Å². The van der Waals surface area contributed by atoms with E-state index in [1.165, 1.54) is 32.5 Å². The summed E-state index contributed by atoms with van der Waals surface area (Å²) in [5.41, 5.74) is 2.37. The van der Waals surface area contributed by atoms with Crippen molar-refractivity contribution in [1.82, 2.24) is 30.2 Å². The topological polar surface area (TPSA) is 347 Å². The Kier molecular flexibility index (Phi) is 14.1.